The quantitative estimate of drug-likeness (QED) is 0.683. The molecule has 2 N–H and O–H groups in total. The van der Waals surface area contributed by atoms with Crippen molar-refractivity contribution in [3.05, 3.63) is 21.9 Å². The zero-order valence-electron chi connectivity index (χ0n) is 7.13. The standard InChI is InChI=1S/C8H9N3OS/c1-5-2-3-6(13-5)8-10-7(12)4-9-11-8/h2-3,9H,4H2,1H3,(H,10,11,12). The molecule has 4 nitrogen and oxygen atoms in total. The third-order valence-corrected chi connectivity index (χ3v) is 2.67. The van der Waals surface area contributed by atoms with Crippen LogP contribution in [-0.4, -0.2) is 18.3 Å². The number of rotatable bonds is 1. The molecule has 0 atom stereocenters. The Morgan fingerprint density at radius 3 is 3.00 bits per heavy atom. The summed E-state index contributed by atoms with van der Waals surface area (Å²) < 4.78 is 0. The van der Waals surface area contributed by atoms with E-state index in [1.807, 2.05) is 19.1 Å². The molecule has 1 aromatic rings. The van der Waals surface area contributed by atoms with Gasteiger partial charge in [0.2, 0.25) is 5.91 Å². The summed E-state index contributed by atoms with van der Waals surface area (Å²) in [6.07, 6.45) is 0. The molecule has 0 radical (unpaired) electrons. The molecule has 5 heteroatoms. The van der Waals surface area contributed by atoms with Gasteiger partial charge in [-0.25, -0.2) is 0 Å². The van der Waals surface area contributed by atoms with Crippen molar-refractivity contribution in [2.45, 2.75) is 6.92 Å². The van der Waals surface area contributed by atoms with E-state index in [0.717, 1.165) is 4.88 Å². The third kappa shape index (κ3) is 1.70. The number of thiophene rings is 1. The van der Waals surface area contributed by atoms with Gasteiger partial charge in [-0.3, -0.25) is 10.2 Å². The molecule has 1 amide bonds. The van der Waals surface area contributed by atoms with Gasteiger partial charge in [0.25, 0.3) is 0 Å². The highest BCUT2D eigenvalue weighted by atomic mass is 32.1. The Labute approximate surface area is 79.7 Å². The van der Waals surface area contributed by atoms with Crippen LogP contribution in [0.3, 0.4) is 0 Å². The Kier molecular flexibility index (Phi) is 2.02. The average Bonchev–Trinajstić information content (AvgIpc) is 2.52. The minimum atomic E-state index is -0.0453. The van der Waals surface area contributed by atoms with Gasteiger partial charge in [0.1, 0.15) is 6.54 Å². The highest BCUT2D eigenvalue weighted by Gasteiger charge is 2.13. The fourth-order valence-electron chi connectivity index (χ4n) is 1.07. The molecule has 0 unspecified atom stereocenters. The maximum Gasteiger partial charge on any atom is 0.246 e. The summed E-state index contributed by atoms with van der Waals surface area (Å²) in [6.45, 7) is 2.28. The lowest BCUT2D eigenvalue weighted by atomic mass is 10.4. The molecule has 0 bridgehead atoms. The lowest BCUT2D eigenvalue weighted by molar-refractivity contribution is -0.119. The SMILES string of the molecule is Cc1ccc(C2=NNCC(=O)N2)s1. The molecule has 0 saturated carbocycles. The molecule has 1 aliphatic heterocycles. The molecular weight excluding hydrogens is 186 g/mol. The van der Waals surface area contributed by atoms with Crippen LogP contribution < -0.4 is 10.7 Å². The van der Waals surface area contributed by atoms with E-state index in [2.05, 4.69) is 15.8 Å². The van der Waals surface area contributed by atoms with Crippen LogP contribution in [0.2, 0.25) is 0 Å². The summed E-state index contributed by atoms with van der Waals surface area (Å²) >= 11 is 1.61. The van der Waals surface area contributed by atoms with E-state index >= 15 is 0 Å². The van der Waals surface area contributed by atoms with Gasteiger partial charge in [-0.2, -0.15) is 5.10 Å². The normalized spacial score (nSPS) is 16.1. The molecular formula is C8H9N3OS. The highest BCUT2D eigenvalue weighted by Crippen LogP contribution is 2.15. The number of hydrazone groups is 1. The number of hydrogen-bond donors (Lipinski definition) is 2. The van der Waals surface area contributed by atoms with Gasteiger partial charge in [-0.05, 0) is 19.1 Å². The Hall–Kier alpha value is -1.36. The van der Waals surface area contributed by atoms with Crippen molar-refractivity contribution in [1.82, 2.24) is 10.7 Å². The molecule has 13 heavy (non-hydrogen) atoms. The number of amides is 1. The Morgan fingerprint density at radius 2 is 2.38 bits per heavy atom. The molecule has 68 valence electrons. The maximum atomic E-state index is 11.0. The van der Waals surface area contributed by atoms with Gasteiger partial charge in [-0.15, -0.1) is 11.3 Å². The van der Waals surface area contributed by atoms with Crippen molar-refractivity contribution in [3.8, 4) is 0 Å². The predicted octanol–water partition coefficient (Wildman–Crippen LogP) is 0.438. The van der Waals surface area contributed by atoms with Gasteiger partial charge in [0.15, 0.2) is 5.84 Å². The first-order valence-corrected chi connectivity index (χ1v) is 4.74. The topological polar surface area (TPSA) is 53.5 Å². The molecule has 0 spiro atoms. The molecule has 1 aromatic heterocycles. The number of hydrogen-bond acceptors (Lipinski definition) is 4. The van der Waals surface area contributed by atoms with Crippen molar-refractivity contribution in [2.24, 2.45) is 5.10 Å². The minimum absolute atomic E-state index is 0.0453. The Bertz CT molecular complexity index is 369. The second-order valence-electron chi connectivity index (χ2n) is 2.75. The smallest absolute Gasteiger partial charge is 0.246 e. The van der Waals surface area contributed by atoms with Crippen LogP contribution in [0, 0.1) is 6.92 Å². The monoisotopic (exact) mass is 195 g/mol. The molecule has 1 aliphatic rings. The lowest BCUT2D eigenvalue weighted by Gasteiger charge is -2.12. The van der Waals surface area contributed by atoms with Crippen LogP contribution in [0.1, 0.15) is 9.75 Å². The molecule has 0 saturated heterocycles. The van der Waals surface area contributed by atoms with Crippen LogP contribution in [0.5, 0.6) is 0 Å². The summed E-state index contributed by atoms with van der Waals surface area (Å²) in [5.41, 5.74) is 2.67. The van der Waals surface area contributed by atoms with E-state index in [4.69, 9.17) is 0 Å². The summed E-state index contributed by atoms with van der Waals surface area (Å²) in [5, 5.41) is 6.71. The molecule has 2 rings (SSSR count). The van der Waals surface area contributed by atoms with E-state index in [0.29, 0.717) is 5.84 Å². The predicted molar refractivity (Wildman–Crippen MR) is 51.7 cm³/mol. The third-order valence-electron chi connectivity index (χ3n) is 1.66. The van der Waals surface area contributed by atoms with Crippen LogP contribution in [0.15, 0.2) is 17.2 Å². The number of nitrogens with one attached hydrogen (secondary N) is 2. The van der Waals surface area contributed by atoms with E-state index < -0.39 is 0 Å². The van der Waals surface area contributed by atoms with Crippen molar-refractivity contribution < 1.29 is 4.79 Å². The summed E-state index contributed by atoms with van der Waals surface area (Å²) in [5.74, 6) is 0.574. The highest BCUT2D eigenvalue weighted by molar-refractivity contribution is 7.14. The van der Waals surface area contributed by atoms with Crippen molar-refractivity contribution in [3.63, 3.8) is 0 Å². The van der Waals surface area contributed by atoms with E-state index in [9.17, 15) is 4.79 Å². The number of carbonyl (C=O) groups excluding carboxylic acids is 1. The Morgan fingerprint density at radius 1 is 1.54 bits per heavy atom. The second-order valence-corrected chi connectivity index (χ2v) is 4.04. The summed E-state index contributed by atoms with van der Waals surface area (Å²) in [4.78, 5) is 13.2. The van der Waals surface area contributed by atoms with Crippen LogP contribution in [0.25, 0.3) is 0 Å². The van der Waals surface area contributed by atoms with Gasteiger partial charge < -0.3 is 5.32 Å². The van der Waals surface area contributed by atoms with Crippen molar-refractivity contribution in [2.75, 3.05) is 6.54 Å². The summed E-state index contributed by atoms with van der Waals surface area (Å²) in [6, 6.07) is 3.95. The van der Waals surface area contributed by atoms with Gasteiger partial charge in [0.05, 0.1) is 4.88 Å². The zero-order chi connectivity index (χ0) is 9.26. The van der Waals surface area contributed by atoms with Crippen LogP contribution in [-0.2, 0) is 4.79 Å². The average molecular weight is 195 g/mol. The summed E-state index contributed by atoms with van der Waals surface area (Å²) in [7, 11) is 0. The molecule has 0 aliphatic carbocycles. The van der Waals surface area contributed by atoms with E-state index in [1.165, 1.54) is 4.88 Å². The van der Waals surface area contributed by atoms with Crippen LogP contribution >= 0.6 is 11.3 Å². The first kappa shape index (κ1) is 8.25. The van der Waals surface area contributed by atoms with Crippen molar-refractivity contribution in [1.29, 1.82) is 0 Å². The molecule has 2 heterocycles. The fourth-order valence-corrected chi connectivity index (χ4v) is 1.89. The number of amidine groups is 1. The van der Waals surface area contributed by atoms with Crippen molar-refractivity contribution >= 4 is 23.1 Å². The molecule has 0 fully saturated rings. The first-order valence-electron chi connectivity index (χ1n) is 3.93. The number of aryl methyl sites for hydroxylation is 1. The van der Waals surface area contributed by atoms with Gasteiger partial charge >= 0.3 is 0 Å². The minimum Gasteiger partial charge on any atom is -0.306 e. The molecule has 0 aromatic carbocycles. The first-order chi connectivity index (χ1) is 6.25. The van der Waals surface area contributed by atoms with Gasteiger partial charge in [0, 0.05) is 4.88 Å². The fraction of sp³-hybridized carbons (Fsp3) is 0.250. The second kappa shape index (κ2) is 3.18. The maximum absolute atomic E-state index is 11.0. The van der Waals surface area contributed by atoms with E-state index in [1.54, 1.807) is 11.3 Å². The number of carbonyl (C=O) groups is 1. The zero-order valence-corrected chi connectivity index (χ0v) is 7.94. The number of nitrogens with zero attached hydrogens (tertiary/aromatic N) is 1. The van der Waals surface area contributed by atoms with E-state index in [-0.39, 0.29) is 12.5 Å². The Balaban J connectivity index is 2.26. The van der Waals surface area contributed by atoms with Gasteiger partial charge in [-0.1, -0.05) is 0 Å². The lowest BCUT2D eigenvalue weighted by Crippen LogP contribution is -2.42. The largest absolute Gasteiger partial charge is 0.306 e. The van der Waals surface area contributed by atoms with Crippen LogP contribution in [0.4, 0.5) is 0 Å².